The van der Waals surface area contributed by atoms with Gasteiger partial charge in [-0.1, -0.05) is 44.2 Å². The molecule has 0 radical (unpaired) electrons. The molecule has 3 heteroatoms. The van der Waals surface area contributed by atoms with Gasteiger partial charge in [-0.2, -0.15) is 0 Å². The minimum atomic E-state index is 0.0706. The summed E-state index contributed by atoms with van der Waals surface area (Å²) in [5.74, 6) is 0.979. The monoisotopic (exact) mass is 282 g/mol. The van der Waals surface area contributed by atoms with E-state index in [1.165, 1.54) is 15.6 Å². The number of rotatable bonds is 4. The lowest BCUT2D eigenvalue weighted by molar-refractivity contribution is 0.556. The minimum Gasteiger partial charge on any atom is -0.369 e. The summed E-state index contributed by atoms with van der Waals surface area (Å²) in [7, 11) is 0. The second-order valence-electron chi connectivity index (χ2n) is 5.60. The topological polar surface area (TPSA) is 24.9 Å². The molecule has 0 atom stereocenters. The van der Waals surface area contributed by atoms with E-state index in [2.05, 4.69) is 72.0 Å². The Kier molecular flexibility index (Phi) is 3.45. The van der Waals surface area contributed by atoms with Gasteiger partial charge in [-0.05, 0) is 23.1 Å². The van der Waals surface area contributed by atoms with Crippen molar-refractivity contribution >= 4 is 27.2 Å². The predicted octanol–water partition coefficient (Wildman–Crippen LogP) is 4.69. The molecule has 2 nitrogen and oxygen atoms in total. The number of pyridine rings is 1. The van der Waals surface area contributed by atoms with E-state index in [1.807, 2.05) is 6.20 Å². The van der Waals surface area contributed by atoms with E-state index in [-0.39, 0.29) is 5.41 Å². The van der Waals surface area contributed by atoms with Crippen molar-refractivity contribution in [2.75, 3.05) is 11.9 Å². The van der Waals surface area contributed by atoms with Gasteiger partial charge in [0.25, 0.3) is 0 Å². The van der Waals surface area contributed by atoms with Crippen molar-refractivity contribution in [3.05, 3.63) is 59.6 Å². The smallest absolute Gasteiger partial charge is 0.134 e. The van der Waals surface area contributed by atoms with E-state index in [1.54, 1.807) is 11.3 Å². The fourth-order valence-electron chi connectivity index (χ4n) is 2.33. The summed E-state index contributed by atoms with van der Waals surface area (Å²) in [6, 6.07) is 14.8. The molecule has 0 bridgehead atoms. The second kappa shape index (κ2) is 5.25. The van der Waals surface area contributed by atoms with Crippen molar-refractivity contribution in [1.82, 2.24) is 4.98 Å². The summed E-state index contributed by atoms with van der Waals surface area (Å²) in [6.07, 6.45) is 1.87. The number of thiophene rings is 1. The zero-order valence-electron chi connectivity index (χ0n) is 11.8. The van der Waals surface area contributed by atoms with Crippen LogP contribution in [0.1, 0.15) is 19.4 Å². The second-order valence-corrected chi connectivity index (χ2v) is 6.54. The fourth-order valence-corrected chi connectivity index (χ4v) is 3.11. The quantitative estimate of drug-likeness (QED) is 0.751. The highest BCUT2D eigenvalue weighted by atomic mass is 32.1. The van der Waals surface area contributed by atoms with Crippen LogP contribution < -0.4 is 5.32 Å². The fraction of sp³-hybridized carbons (Fsp3) is 0.235. The van der Waals surface area contributed by atoms with Crippen LogP contribution in [0, 0.1) is 0 Å². The Morgan fingerprint density at radius 2 is 1.90 bits per heavy atom. The molecular weight excluding hydrogens is 264 g/mol. The SMILES string of the molecule is CC(C)(CNc1nccc2sccc12)c1ccccc1. The lowest BCUT2D eigenvalue weighted by Gasteiger charge is -2.26. The molecule has 20 heavy (non-hydrogen) atoms. The normalized spacial score (nSPS) is 11.7. The Balaban J connectivity index is 1.81. The first kappa shape index (κ1) is 13.1. The molecule has 102 valence electrons. The van der Waals surface area contributed by atoms with Gasteiger partial charge in [-0.25, -0.2) is 4.98 Å². The maximum atomic E-state index is 4.47. The molecule has 3 rings (SSSR count). The molecule has 0 amide bonds. The third-order valence-corrected chi connectivity index (χ3v) is 4.51. The zero-order valence-corrected chi connectivity index (χ0v) is 12.6. The van der Waals surface area contributed by atoms with E-state index >= 15 is 0 Å². The number of hydrogen-bond donors (Lipinski definition) is 1. The highest BCUT2D eigenvalue weighted by Crippen LogP contribution is 2.28. The van der Waals surface area contributed by atoms with Gasteiger partial charge in [-0.15, -0.1) is 11.3 Å². The van der Waals surface area contributed by atoms with Crippen LogP contribution >= 0.6 is 11.3 Å². The van der Waals surface area contributed by atoms with Gasteiger partial charge in [0.05, 0.1) is 0 Å². The van der Waals surface area contributed by atoms with Crippen LogP contribution in [-0.2, 0) is 5.41 Å². The first-order valence-electron chi connectivity index (χ1n) is 6.78. The van der Waals surface area contributed by atoms with Crippen LogP contribution in [0.4, 0.5) is 5.82 Å². The number of fused-ring (bicyclic) bond motifs is 1. The van der Waals surface area contributed by atoms with Crippen LogP contribution in [0.15, 0.2) is 54.0 Å². The van der Waals surface area contributed by atoms with Crippen LogP contribution in [0.2, 0.25) is 0 Å². The summed E-state index contributed by atoms with van der Waals surface area (Å²) in [4.78, 5) is 4.47. The molecule has 0 aliphatic carbocycles. The van der Waals surface area contributed by atoms with Crippen LogP contribution in [-0.4, -0.2) is 11.5 Å². The molecular formula is C17H18N2S. The Hall–Kier alpha value is -1.87. The summed E-state index contributed by atoms with van der Waals surface area (Å²) in [5, 5.41) is 6.83. The summed E-state index contributed by atoms with van der Waals surface area (Å²) in [6.45, 7) is 5.37. The van der Waals surface area contributed by atoms with Gasteiger partial charge in [0.1, 0.15) is 5.82 Å². The lowest BCUT2D eigenvalue weighted by atomic mass is 9.84. The Bertz CT molecular complexity index is 701. The molecule has 1 N–H and O–H groups in total. The molecule has 1 aromatic carbocycles. The van der Waals surface area contributed by atoms with E-state index in [9.17, 15) is 0 Å². The summed E-state index contributed by atoms with van der Waals surface area (Å²) < 4.78 is 1.28. The molecule has 2 heterocycles. The molecule has 0 saturated heterocycles. The van der Waals surface area contributed by atoms with Crippen LogP contribution in [0.5, 0.6) is 0 Å². The number of benzene rings is 1. The maximum absolute atomic E-state index is 4.47. The number of nitrogens with one attached hydrogen (secondary N) is 1. The Morgan fingerprint density at radius 3 is 2.70 bits per heavy atom. The van der Waals surface area contributed by atoms with Crippen molar-refractivity contribution < 1.29 is 0 Å². The Labute approximate surface area is 123 Å². The zero-order chi connectivity index (χ0) is 14.0. The average Bonchev–Trinajstić information content (AvgIpc) is 2.95. The van der Waals surface area contributed by atoms with E-state index in [4.69, 9.17) is 0 Å². The van der Waals surface area contributed by atoms with Crippen molar-refractivity contribution in [1.29, 1.82) is 0 Å². The van der Waals surface area contributed by atoms with Crippen molar-refractivity contribution in [2.24, 2.45) is 0 Å². The van der Waals surface area contributed by atoms with E-state index in [0.717, 1.165) is 12.4 Å². The molecule has 3 aromatic rings. The van der Waals surface area contributed by atoms with Gasteiger partial charge in [0.2, 0.25) is 0 Å². The highest BCUT2D eigenvalue weighted by molar-refractivity contribution is 7.17. The molecule has 2 aromatic heterocycles. The van der Waals surface area contributed by atoms with Crippen molar-refractivity contribution in [2.45, 2.75) is 19.3 Å². The van der Waals surface area contributed by atoms with Gasteiger partial charge in [-0.3, -0.25) is 0 Å². The molecule has 0 saturated carbocycles. The number of nitrogens with zero attached hydrogens (tertiary/aromatic N) is 1. The van der Waals surface area contributed by atoms with E-state index < -0.39 is 0 Å². The highest BCUT2D eigenvalue weighted by Gasteiger charge is 2.20. The Morgan fingerprint density at radius 1 is 1.10 bits per heavy atom. The van der Waals surface area contributed by atoms with Crippen LogP contribution in [0.3, 0.4) is 0 Å². The van der Waals surface area contributed by atoms with E-state index in [0.29, 0.717) is 0 Å². The molecule has 0 unspecified atom stereocenters. The molecule has 0 aliphatic heterocycles. The third kappa shape index (κ3) is 2.54. The standard InChI is InChI=1S/C17H18N2S/c1-17(2,13-6-4-3-5-7-13)12-19-16-14-9-11-20-15(14)8-10-18-16/h3-11H,12H2,1-2H3,(H,18,19). The van der Waals surface area contributed by atoms with Crippen molar-refractivity contribution in [3.8, 4) is 0 Å². The molecule has 0 spiro atoms. The third-order valence-electron chi connectivity index (χ3n) is 3.63. The van der Waals surface area contributed by atoms with Gasteiger partial charge in [0, 0.05) is 28.2 Å². The first-order chi connectivity index (χ1) is 9.67. The van der Waals surface area contributed by atoms with Gasteiger partial charge in [0.15, 0.2) is 0 Å². The van der Waals surface area contributed by atoms with Crippen LogP contribution in [0.25, 0.3) is 10.1 Å². The predicted molar refractivity (Wildman–Crippen MR) is 87.6 cm³/mol. The minimum absolute atomic E-state index is 0.0706. The van der Waals surface area contributed by atoms with Gasteiger partial charge >= 0.3 is 0 Å². The van der Waals surface area contributed by atoms with Crippen molar-refractivity contribution in [3.63, 3.8) is 0 Å². The largest absolute Gasteiger partial charge is 0.369 e. The average molecular weight is 282 g/mol. The van der Waals surface area contributed by atoms with Gasteiger partial charge < -0.3 is 5.32 Å². The number of aromatic nitrogens is 1. The maximum Gasteiger partial charge on any atom is 0.134 e. The number of anilines is 1. The summed E-state index contributed by atoms with van der Waals surface area (Å²) in [5.41, 5.74) is 1.41. The summed E-state index contributed by atoms with van der Waals surface area (Å²) >= 11 is 1.75. The number of hydrogen-bond acceptors (Lipinski definition) is 3. The lowest BCUT2D eigenvalue weighted by Crippen LogP contribution is -2.27. The molecule has 0 aliphatic rings. The molecule has 0 fully saturated rings. The first-order valence-corrected chi connectivity index (χ1v) is 7.66.